The first-order valence-corrected chi connectivity index (χ1v) is 8.67. The van der Waals surface area contributed by atoms with Gasteiger partial charge in [-0.25, -0.2) is 4.79 Å². The maximum absolute atomic E-state index is 13.0. The number of amides is 6. The molecule has 1 atom stereocenters. The summed E-state index contributed by atoms with van der Waals surface area (Å²) in [5.74, 6) is -2.21. The Hall–Kier alpha value is -3.23. The summed E-state index contributed by atoms with van der Waals surface area (Å²) in [6.45, 7) is 2.40. The number of carbonyl (C=O) groups is 5. The van der Waals surface area contributed by atoms with E-state index in [9.17, 15) is 24.0 Å². The van der Waals surface area contributed by atoms with Gasteiger partial charge in [-0.15, -0.1) is 0 Å². The van der Waals surface area contributed by atoms with Crippen LogP contribution in [-0.4, -0.2) is 59.1 Å². The van der Waals surface area contributed by atoms with Gasteiger partial charge in [0.2, 0.25) is 11.8 Å². The number of fused-ring (bicyclic) bond motifs is 1. The van der Waals surface area contributed by atoms with Gasteiger partial charge in [-0.2, -0.15) is 0 Å². The normalized spacial score (nSPS) is 19.0. The third-order valence-corrected chi connectivity index (χ3v) is 4.64. The van der Waals surface area contributed by atoms with Gasteiger partial charge in [-0.1, -0.05) is 12.1 Å². The highest BCUT2D eigenvalue weighted by atomic mass is 16.2. The van der Waals surface area contributed by atoms with Gasteiger partial charge in [-0.05, 0) is 25.0 Å². The smallest absolute Gasteiger partial charge is 0.317 e. The molecule has 6 amide bonds. The van der Waals surface area contributed by atoms with Gasteiger partial charge in [0.25, 0.3) is 11.8 Å². The van der Waals surface area contributed by atoms with Gasteiger partial charge < -0.3 is 10.2 Å². The van der Waals surface area contributed by atoms with E-state index < -0.39 is 29.7 Å². The monoisotopic (exact) mass is 372 g/mol. The van der Waals surface area contributed by atoms with Crippen molar-refractivity contribution in [2.75, 3.05) is 13.6 Å². The molecule has 0 radical (unpaired) electrons. The summed E-state index contributed by atoms with van der Waals surface area (Å²) >= 11 is 0. The first kappa shape index (κ1) is 18.6. The van der Waals surface area contributed by atoms with Crippen LogP contribution in [0.15, 0.2) is 18.2 Å². The van der Waals surface area contributed by atoms with Crippen molar-refractivity contribution in [3.63, 3.8) is 0 Å². The van der Waals surface area contributed by atoms with Crippen molar-refractivity contribution in [3.05, 3.63) is 34.9 Å². The Labute approximate surface area is 155 Å². The number of nitrogens with one attached hydrogen (secondary N) is 2. The first-order chi connectivity index (χ1) is 12.8. The van der Waals surface area contributed by atoms with E-state index in [0.717, 1.165) is 4.90 Å². The van der Waals surface area contributed by atoms with Crippen LogP contribution < -0.4 is 10.6 Å². The minimum absolute atomic E-state index is 0.0661. The Morgan fingerprint density at radius 1 is 1.26 bits per heavy atom. The van der Waals surface area contributed by atoms with Crippen molar-refractivity contribution >= 4 is 29.7 Å². The van der Waals surface area contributed by atoms with Gasteiger partial charge >= 0.3 is 6.03 Å². The second-order valence-corrected chi connectivity index (χ2v) is 6.48. The Kier molecular flexibility index (Phi) is 4.93. The fourth-order valence-corrected chi connectivity index (χ4v) is 3.33. The molecule has 0 spiro atoms. The molecule has 0 saturated carbocycles. The summed E-state index contributed by atoms with van der Waals surface area (Å²) in [5, 5.41) is 4.83. The predicted octanol–water partition coefficient (Wildman–Crippen LogP) is 0.249. The number of benzene rings is 1. The van der Waals surface area contributed by atoms with Crippen molar-refractivity contribution in [3.8, 4) is 0 Å². The van der Waals surface area contributed by atoms with Crippen LogP contribution in [0.5, 0.6) is 0 Å². The van der Waals surface area contributed by atoms with Crippen LogP contribution >= 0.6 is 0 Å². The SMILES string of the molecule is CCNC(=O)N(C)Cc1cccc2c1C(=O)N(C1CCC(=O)NC1=O)C2=O. The molecule has 3 rings (SSSR count). The van der Waals surface area contributed by atoms with Crippen molar-refractivity contribution in [1.82, 2.24) is 20.4 Å². The molecule has 2 aliphatic heterocycles. The molecular formula is C18H20N4O5. The zero-order chi connectivity index (χ0) is 19.7. The lowest BCUT2D eigenvalue weighted by molar-refractivity contribution is -0.136. The van der Waals surface area contributed by atoms with Gasteiger partial charge in [0, 0.05) is 26.6 Å². The maximum atomic E-state index is 13.0. The fraction of sp³-hybridized carbons (Fsp3) is 0.389. The Balaban J connectivity index is 1.89. The molecule has 0 aliphatic carbocycles. The second kappa shape index (κ2) is 7.18. The summed E-state index contributed by atoms with van der Waals surface area (Å²) in [5.41, 5.74) is 0.921. The molecule has 1 aromatic rings. The zero-order valence-electron chi connectivity index (χ0n) is 15.1. The van der Waals surface area contributed by atoms with E-state index >= 15 is 0 Å². The summed E-state index contributed by atoms with van der Waals surface area (Å²) in [4.78, 5) is 63.4. The van der Waals surface area contributed by atoms with E-state index in [1.165, 1.54) is 11.0 Å². The highest BCUT2D eigenvalue weighted by Gasteiger charge is 2.45. The van der Waals surface area contributed by atoms with E-state index in [1.807, 2.05) is 0 Å². The third-order valence-electron chi connectivity index (χ3n) is 4.64. The van der Waals surface area contributed by atoms with E-state index in [2.05, 4.69) is 10.6 Å². The van der Waals surface area contributed by atoms with E-state index in [4.69, 9.17) is 0 Å². The summed E-state index contributed by atoms with van der Waals surface area (Å²) in [6.07, 6.45) is 0.168. The standard InChI is InChI=1S/C18H20N4O5/c1-3-19-18(27)21(2)9-10-5-4-6-11-14(10)17(26)22(16(11)25)12-7-8-13(23)20-15(12)24/h4-6,12H,3,7-9H2,1-2H3,(H,19,27)(H,20,23,24). The lowest BCUT2D eigenvalue weighted by atomic mass is 10.0. The van der Waals surface area contributed by atoms with Crippen LogP contribution in [0.25, 0.3) is 0 Å². The van der Waals surface area contributed by atoms with E-state index in [-0.39, 0.29) is 36.5 Å². The van der Waals surface area contributed by atoms with Gasteiger partial charge in [-0.3, -0.25) is 29.4 Å². The van der Waals surface area contributed by atoms with E-state index in [1.54, 1.807) is 26.1 Å². The number of carbonyl (C=O) groups excluding carboxylic acids is 5. The van der Waals surface area contributed by atoms with E-state index in [0.29, 0.717) is 12.1 Å². The maximum Gasteiger partial charge on any atom is 0.317 e. The van der Waals surface area contributed by atoms with Crippen LogP contribution in [0.4, 0.5) is 4.79 Å². The molecule has 9 heteroatoms. The molecule has 2 N–H and O–H groups in total. The molecule has 1 aromatic carbocycles. The Morgan fingerprint density at radius 3 is 2.67 bits per heavy atom. The summed E-state index contributed by atoms with van der Waals surface area (Å²) in [6, 6.07) is 3.53. The average Bonchev–Trinajstić information content (AvgIpc) is 2.87. The van der Waals surface area contributed by atoms with Crippen molar-refractivity contribution in [2.45, 2.75) is 32.4 Å². The number of rotatable bonds is 4. The molecular weight excluding hydrogens is 352 g/mol. The minimum Gasteiger partial charge on any atom is -0.338 e. The zero-order valence-corrected chi connectivity index (χ0v) is 15.1. The van der Waals surface area contributed by atoms with Gasteiger partial charge in [0.05, 0.1) is 11.1 Å². The van der Waals surface area contributed by atoms with Crippen molar-refractivity contribution in [1.29, 1.82) is 0 Å². The number of urea groups is 1. The largest absolute Gasteiger partial charge is 0.338 e. The van der Waals surface area contributed by atoms with Crippen LogP contribution in [-0.2, 0) is 16.1 Å². The highest BCUT2D eigenvalue weighted by Crippen LogP contribution is 2.30. The molecule has 27 heavy (non-hydrogen) atoms. The molecule has 2 heterocycles. The molecule has 142 valence electrons. The predicted molar refractivity (Wildman–Crippen MR) is 93.7 cm³/mol. The molecule has 1 fully saturated rings. The van der Waals surface area contributed by atoms with Crippen LogP contribution in [0.1, 0.15) is 46.0 Å². The van der Waals surface area contributed by atoms with Crippen LogP contribution in [0.2, 0.25) is 0 Å². The molecule has 9 nitrogen and oxygen atoms in total. The Bertz CT molecular complexity index is 850. The molecule has 0 bridgehead atoms. The van der Waals surface area contributed by atoms with Crippen molar-refractivity contribution in [2.24, 2.45) is 0 Å². The quantitative estimate of drug-likeness (QED) is 0.735. The third kappa shape index (κ3) is 3.27. The van der Waals surface area contributed by atoms with Crippen LogP contribution in [0.3, 0.4) is 0 Å². The summed E-state index contributed by atoms with van der Waals surface area (Å²) < 4.78 is 0. The number of imide groups is 2. The number of hydrogen-bond acceptors (Lipinski definition) is 5. The molecule has 1 unspecified atom stereocenters. The van der Waals surface area contributed by atoms with Gasteiger partial charge in [0.1, 0.15) is 6.04 Å². The second-order valence-electron chi connectivity index (χ2n) is 6.48. The topological polar surface area (TPSA) is 116 Å². The number of piperidine rings is 1. The average molecular weight is 372 g/mol. The minimum atomic E-state index is -1.01. The van der Waals surface area contributed by atoms with Gasteiger partial charge in [0.15, 0.2) is 0 Å². The lowest BCUT2D eigenvalue weighted by Gasteiger charge is -2.28. The Morgan fingerprint density at radius 2 is 2.00 bits per heavy atom. The number of nitrogens with zero attached hydrogens (tertiary/aromatic N) is 2. The highest BCUT2D eigenvalue weighted by molar-refractivity contribution is 6.24. The molecule has 0 aromatic heterocycles. The fourth-order valence-electron chi connectivity index (χ4n) is 3.33. The first-order valence-electron chi connectivity index (χ1n) is 8.67. The molecule has 1 saturated heterocycles. The summed E-state index contributed by atoms with van der Waals surface area (Å²) in [7, 11) is 1.59. The number of hydrogen-bond donors (Lipinski definition) is 2. The van der Waals surface area contributed by atoms with Crippen LogP contribution in [0, 0.1) is 0 Å². The lowest BCUT2D eigenvalue weighted by Crippen LogP contribution is -2.54. The van der Waals surface area contributed by atoms with Crippen molar-refractivity contribution < 1.29 is 24.0 Å². The molecule has 2 aliphatic rings.